The Hall–Kier alpha value is -3.36. The molecule has 0 saturated heterocycles. The van der Waals surface area contributed by atoms with Crippen LogP contribution in [-0.2, 0) is 0 Å². The van der Waals surface area contributed by atoms with E-state index in [4.69, 9.17) is 0 Å². The molecule has 1 aromatic carbocycles. The third-order valence-electron chi connectivity index (χ3n) is 3.79. The number of carbonyl (C=O) groups is 1. The standard InChI is InChI=1S/C18H18F2N6O/c1-11-8-12(2)26(25-11)16-9-15(23-10-24-16)21-6-7-22-18(27)17-13(19)4-3-5-14(17)20/h3-5,8-10H,6-7H2,1-2H3,(H,22,27)(H,21,23,24). The van der Waals surface area contributed by atoms with E-state index >= 15 is 0 Å². The Morgan fingerprint density at radius 1 is 1.11 bits per heavy atom. The lowest BCUT2D eigenvalue weighted by Gasteiger charge is -2.09. The van der Waals surface area contributed by atoms with Crippen LogP contribution >= 0.6 is 0 Å². The van der Waals surface area contributed by atoms with Gasteiger partial charge in [-0.3, -0.25) is 4.79 Å². The number of nitrogens with zero attached hydrogens (tertiary/aromatic N) is 4. The van der Waals surface area contributed by atoms with Crippen molar-refractivity contribution in [2.24, 2.45) is 0 Å². The molecular weight excluding hydrogens is 354 g/mol. The fourth-order valence-corrected chi connectivity index (χ4v) is 2.59. The van der Waals surface area contributed by atoms with E-state index in [9.17, 15) is 13.6 Å². The summed E-state index contributed by atoms with van der Waals surface area (Å²) in [6.45, 7) is 4.29. The molecule has 2 N–H and O–H groups in total. The van der Waals surface area contributed by atoms with Crippen molar-refractivity contribution in [1.29, 1.82) is 0 Å². The SMILES string of the molecule is Cc1cc(C)n(-c2cc(NCCNC(=O)c3c(F)cccc3F)ncn2)n1. The number of nitrogens with one attached hydrogen (secondary N) is 2. The van der Waals surface area contributed by atoms with E-state index in [1.807, 2.05) is 19.9 Å². The Morgan fingerprint density at radius 2 is 1.85 bits per heavy atom. The second-order valence-electron chi connectivity index (χ2n) is 5.88. The van der Waals surface area contributed by atoms with Gasteiger partial charge in [0.1, 0.15) is 29.3 Å². The molecule has 27 heavy (non-hydrogen) atoms. The number of carbonyl (C=O) groups excluding carboxylic acids is 1. The maximum absolute atomic E-state index is 13.6. The van der Waals surface area contributed by atoms with E-state index in [0.29, 0.717) is 18.2 Å². The number of benzene rings is 1. The first-order valence-corrected chi connectivity index (χ1v) is 8.27. The summed E-state index contributed by atoms with van der Waals surface area (Å²) in [6.07, 6.45) is 1.40. The van der Waals surface area contributed by atoms with Crippen molar-refractivity contribution in [3.63, 3.8) is 0 Å². The Morgan fingerprint density at radius 3 is 2.52 bits per heavy atom. The molecule has 3 aromatic rings. The first-order chi connectivity index (χ1) is 13.0. The molecule has 0 unspecified atom stereocenters. The predicted octanol–water partition coefficient (Wildman–Crippen LogP) is 2.40. The summed E-state index contributed by atoms with van der Waals surface area (Å²) >= 11 is 0. The van der Waals surface area contributed by atoms with Crippen molar-refractivity contribution < 1.29 is 13.6 Å². The summed E-state index contributed by atoms with van der Waals surface area (Å²) in [4.78, 5) is 20.2. The molecule has 0 fully saturated rings. The van der Waals surface area contributed by atoms with Crippen molar-refractivity contribution in [3.05, 3.63) is 65.2 Å². The molecular formula is C18H18F2N6O. The second-order valence-corrected chi connectivity index (χ2v) is 5.88. The van der Waals surface area contributed by atoms with Crippen LogP contribution in [0.15, 0.2) is 36.7 Å². The molecule has 0 aliphatic carbocycles. The first-order valence-electron chi connectivity index (χ1n) is 8.27. The molecule has 0 bridgehead atoms. The molecule has 0 atom stereocenters. The average Bonchev–Trinajstić information content (AvgIpc) is 2.97. The lowest BCUT2D eigenvalue weighted by Crippen LogP contribution is -2.30. The van der Waals surface area contributed by atoms with Gasteiger partial charge in [0.2, 0.25) is 0 Å². The van der Waals surface area contributed by atoms with Crippen LogP contribution in [0.1, 0.15) is 21.7 Å². The molecule has 0 radical (unpaired) electrons. The summed E-state index contributed by atoms with van der Waals surface area (Å²) in [5.41, 5.74) is 1.23. The van der Waals surface area contributed by atoms with Crippen LogP contribution in [0, 0.1) is 25.5 Å². The second kappa shape index (κ2) is 7.90. The minimum atomic E-state index is -0.897. The number of anilines is 1. The van der Waals surface area contributed by atoms with Crippen molar-refractivity contribution in [2.75, 3.05) is 18.4 Å². The molecule has 0 spiro atoms. The van der Waals surface area contributed by atoms with E-state index in [1.165, 1.54) is 12.4 Å². The predicted molar refractivity (Wildman–Crippen MR) is 95.8 cm³/mol. The van der Waals surface area contributed by atoms with Gasteiger partial charge in [-0.1, -0.05) is 6.07 Å². The lowest BCUT2D eigenvalue weighted by atomic mass is 10.2. The molecule has 9 heteroatoms. The molecule has 1 amide bonds. The quantitative estimate of drug-likeness (QED) is 0.649. The van der Waals surface area contributed by atoms with Crippen LogP contribution in [0.3, 0.4) is 0 Å². The number of aromatic nitrogens is 4. The van der Waals surface area contributed by atoms with Crippen LogP contribution in [0.4, 0.5) is 14.6 Å². The molecule has 0 saturated carbocycles. The number of rotatable bonds is 6. The van der Waals surface area contributed by atoms with E-state index in [0.717, 1.165) is 23.5 Å². The Labute approximate surface area is 154 Å². The van der Waals surface area contributed by atoms with Crippen molar-refractivity contribution in [2.45, 2.75) is 13.8 Å². The summed E-state index contributed by atoms with van der Waals surface area (Å²) in [5, 5.41) is 9.85. The van der Waals surface area contributed by atoms with Crippen molar-refractivity contribution >= 4 is 11.7 Å². The largest absolute Gasteiger partial charge is 0.368 e. The highest BCUT2D eigenvalue weighted by Crippen LogP contribution is 2.13. The molecule has 2 heterocycles. The minimum absolute atomic E-state index is 0.159. The summed E-state index contributed by atoms with van der Waals surface area (Å²) < 4.78 is 28.8. The molecule has 7 nitrogen and oxygen atoms in total. The number of hydrogen-bond acceptors (Lipinski definition) is 5. The molecule has 3 rings (SSSR count). The minimum Gasteiger partial charge on any atom is -0.368 e. The van der Waals surface area contributed by atoms with Gasteiger partial charge in [0, 0.05) is 24.8 Å². The van der Waals surface area contributed by atoms with Gasteiger partial charge in [0.05, 0.1) is 5.69 Å². The number of halogens is 2. The fourth-order valence-electron chi connectivity index (χ4n) is 2.59. The van der Waals surface area contributed by atoms with E-state index < -0.39 is 23.1 Å². The smallest absolute Gasteiger partial charge is 0.257 e. The highest BCUT2D eigenvalue weighted by molar-refractivity contribution is 5.94. The number of hydrogen-bond donors (Lipinski definition) is 2. The van der Waals surface area contributed by atoms with Crippen molar-refractivity contribution in [1.82, 2.24) is 25.1 Å². The third kappa shape index (κ3) is 4.25. The van der Waals surface area contributed by atoms with Gasteiger partial charge >= 0.3 is 0 Å². The fraction of sp³-hybridized carbons (Fsp3) is 0.222. The van der Waals surface area contributed by atoms with E-state index in [-0.39, 0.29) is 6.54 Å². The zero-order valence-electron chi connectivity index (χ0n) is 14.8. The third-order valence-corrected chi connectivity index (χ3v) is 3.79. The molecule has 140 valence electrons. The molecule has 0 aliphatic rings. The zero-order valence-corrected chi connectivity index (χ0v) is 14.8. The van der Waals surface area contributed by atoms with Gasteiger partial charge in [0.15, 0.2) is 5.82 Å². The zero-order chi connectivity index (χ0) is 19.4. The van der Waals surface area contributed by atoms with Gasteiger partial charge in [0.25, 0.3) is 5.91 Å². The molecule has 0 aliphatic heterocycles. The summed E-state index contributed by atoms with van der Waals surface area (Å²) in [6, 6.07) is 6.94. The Balaban J connectivity index is 1.58. The van der Waals surface area contributed by atoms with Crippen molar-refractivity contribution in [3.8, 4) is 5.82 Å². The van der Waals surface area contributed by atoms with Crippen LogP contribution in [0.2, 0.25) is 0 Å². The maximum atomic E-state index is 13.6. The van der Waals surface area contributed by atoms with Gasteiger partial charge < -0.3 is 10.6 Å². The van der Waals surface area contributed by atoms with Gasteiger partial charge in [-0.2, -0.15) is 5.10 Å². The number of amides is 1. The van der Waals surface area contributed by atoms with E-state index in [1.54, 1.807) is 10.7 Å². The van der Waals surface area contributed by atoms with Gasteiger partial charge in [-0.15, -0.1) is 0 Å². The Kier molecular flexibility index (Phi) is 5.39. The first kappa shape index (κ1) is 18.4. The lowest BCUT2D eigenvalue weighted by molar-refractivity contribution is 0.0946. The summed E-state index contributed by atoms with van der Waals surface area (Å²) in [5.74, 6) is -1.45. The highest BCUT2D eigenvalue weighted by atomic mass is 19.1. The normalized spacial score (nSPS) is 10.7. The van der Waals surface area contributed by atoms with Gasteiger partial charge in [-0.05, 0) is 32.0 Å². The monoisotopic (exact) mass is 372 g/mol. The highest BCUT2D eigenvalue weighted by Gasteiger charge is 2.16. The maximum Gasteiger partial charge on any atom is 0.257 e. The molecule has 2 aromatic heterocycles. The van der Waals surface area contributed by atoms with Crippen LogP contribution < -0.4 is 10.6 Å². The van der Waals surface area contributed by atoms with Crippen LogP contribution in [-0.4, -0.2) is 38.7 Å². The topological polar surface area (TPSA) is 84.7 Å². The van der Waals surface area contributed by atoms with Crippen LogP contribution in [0.25, 0.3) is 5.82 Å². The van der Waals surface area contributed by atoms with E-state index in [2.05, 4.69) is 25.7 Å². The van der Waals surface area contributed by atoms with Gasteiger partial charge in [-0.25, -0.2) is 23.4 Å². The van der Waals surface area contributed by atoms with Crippen LogP contribution in [0.5, 0.6) is 0 Å². The average molecular weight is 372 g/mol. The summed E-state index contributed by atoms with van der Waals surface area (Å²) in [7, 11) is 0. The number of aryl methyl sites for hydroxylation is 2. The Bertz CT molecular complexity index is 952.